The number of aryl methyl sites for hydroxylation is 1. The fourth-order valence-corrected chi connectivity index (χ4v) is 1.29. The molecule has 0 heterocycles. The predicted octanol–water partition coefficient (Wildman–Crippen LogP) is 2.38. The molecule has 0 fully saturated rings. The van der Waals surface area contributed by atoms with Crippen LogP contribution in [-0.4, -0.2) is 0 Å². The van der Waals surface area contributed by atoms with E-state index in [9.17, 15) is 0 Å². The van der Waals surface area contributed by atoms with Crippen LogP contribution in [0.2, 0.25) is 5.02 Å². The highest BCUT2D eigenvalue weighted by molar-refractivity contribution is 6.30. The van der Waals surface area contributed by atoms with Crippen molar-refractivity contribution >= 4 is 17.3 Å². The molecule has 0 bridgehead atoms. The molecule has 3 heteroatoms. The van der Waals surface area contributed by atoms with E-state index in [4.69, 9.17) is 22.6 Å². The molecule has 0 unspecified atom stereocenters. The summed E-state index contributed by atoms with van der Waals surface area (Å²) in [4.78, 5) is 0. The summed E-state index contributed by atoms with van der Waals surface area (Å²) in [6, 6.07) is 7.43. The Kier molecular flexibility index (Phi) is 2.95. The maximum Gasteiger partial charge on any atom is 0.0625 e. The predicted molar refractivity (Wildman–Crippen MR) is 49.8 cm³/mol. The SMILES string of the molecule is N#CCCc1cc(N)cc(Cl)c1. The monoisotopic (exact) mass is 180 g/mol. The van der Waals surface area contributed by atoms with Gasteiger partial charge in [0.1, 0.15) is 0 Å². The average molecular weight is 181 g/mol. The Hall–Kier alpha value is -1.20. The average Bonchev–Trinajstić information content (AvgIpc) is 1.99. The van der Waals surface area contributed by atoms with E-state index in [1.165, 1.54) is 0 Å². The van der Waals surface area contributed by atoms with Crippen molar-refractivity contribution in [3.63, 3.8) is 0 Å². The summed E-state index contributed by atoms with van der Waals surface area (Å²) in [6.45, 7) is 0. The number of hydrogen-bond donors (Lipinski definition) is 1. The Labute approximate surface area is 76.6 Å². The molecule has 0 radical (unpaired) electrons. The van der Waals surface area contributed by atoms with Crippen LogP contribution in [0.5, 0.6) is 0 Å². The van der Waals surface area contributed by atoms with Crippen LogP contribution in [0, 0.1) is 11.3 Å². The fraction of sp³-hybridized carbons (Fsp3) is 0.222. The minimum atomic E-state index is 0.500. The summed E-state index contributed by atoms with van der Waals surface area (Å²) >= 11 is 5.77. The second kappa shape index (κ2) is 3.99. The number of nitriles is 1. The van der Waals surface area contributed by atoms with Gasteiger partial charge in [0, 0.05) is 17.1 Å². The Bertz CT molecular complexity index is 295. The Balaban J connectivity index is 2.80. The zero-order chi connectivity index (χ0) is 8.97. The van der Waals surface area contributed by atoms with Crippen LogP contribution in [0.4, 0.5) is 5.69 Å². The first-order valence-electron chi connectivity index (χ1n) is 3.64. The van der Waals surface area contributed by atoms with Gasteiger partial charge in [-0.3, -0.25) is 0 Å². The Morgan fingerprint density at radius 2 is 2.17 bits per heavy atom. The fourth-order valence-electron chi connectivity index (χ4n) is 1.02. The van der Waals surface area contributed by atoms with E-state index in [-0.39, 0.29) is 0 Å². The van der Waals surface area contributed by atoms with E-state index < -0.39 is 0 Å². The minimum absolute atomic E-state index is 0.500. The lowest BCUT2D eigenvalue weighted by atomic mass is 10.1. The second-order valence-electron chi connectivity index (χ2n) is 2.55. The van der Waals surface area contributed by atoms with Crippen LogP contribution < -0.4 is 5.73 Å². The van der Waals surface area contributed by atoms with E-state index in [0.29, 0.717) is 23.6 Å². The van der Waals surface area contributed by atoms with Crippen LogP contribution in [0.25, 0.3) is 0 Å². The molecular formula is C9H9ClN2. The number of nitrogens with zero attached hydrogens (tertiary/aromatic N) is 1. The van der Waals surface area contributed by atoms with Gasteiger partial charge in [-0.1, -0.05) is 11.6 Å². The summed E-state index contributed by atoms with van der Waals surface area (Å²) < 4.78 is 0. The van der Waals surface area contributed by atoms with Crippen molar-refractivity contribution in [1.29, 1.82) is 5.26 Å². The highest BCUT2D eigenvalue weighted by Crippen LogP contribution is 2.17. The molecule has 0 aliphatic heterocycles. The van der Waals surface area contributed by atoms with Gasteiger partial charge in [0.2, 0.25) is 0 Å². The molecule has 1 aromatic rings. The smallest absolute Gasteiger partial charge is 0.0625 e. The molecule has 0 saturated carbocycles. The molecular weight excluding hydrogens is 172 g/mol. The first kappa shape index (κ1) is 8.89. The summed E-state index contributed by atoms with van der Waals surface area (Å²) in [5.41, 5.74) is 7.23. The van der Waals surface area contributed by atoms with Gasteiger partial charge in [0.25, 0.3) is 0 Å². The molecule has 0 aliphatic rings. The zero-order valence-electron chi connectivity index (χ0n) is 6.55. The van der Waals surface area contributed by atoms with Gasteiger partial charge >= 0.3 is 0 Å². The van der Waals surface area contributed by atoms with Crippen LogP contribution in [0.1, 0.15) is 12.0 Å². The highest BCUT2D eigenvalue weighted by atomic mass is 35.5. The molecule has 0 spiro atoms. The quantitative estimate of drug-likeness (QED) is 0.711. The molecule has 0 atom stereocenters. The number of anilines is 1. The number of hydrogen-bond acceptors (Lipinski definition) is 2. The van der Waals surface area contributed by atoms with Gasteiger partial charge in [0.05, 0.1) is 6.07 Å². The van der Waals surface area contributed by atoms with Gasteiger partial charge in [-0.15, -0.1) is 0 Å². The molecule has 2 N–H and O–H groups in total. The number of nitrogen functional groups attached to an aromatic ring is 1. The van der Waals surface area contributed by atoms with E-state index >= 15 is 0 Å². The van der Waals surface area contributed by atoms with Crippen molar-refractivity contribution in [2.45, 2.75) is 12.8 Å². The van der Waals surface area contributed by atoms with Crippen molar-refractivity contribution in [3.8, 4) is 6.07 Å². The molecule has 0 saturated heterocycles. The number of rotatable bonds is 2. The van der Waals surface area contributed by atoms with E-state index in [1.807, 2.05) is 12.1 Å². The van der Waals surface area contributed by atoms with Crippen molar-refractivity contribution in [2.75, 3.05) is 5.73 Å². The summed E-state index contributed by atoms with van der Waals surface area (Å²) in [5, 5.41) is 8.98. The van der Waals surface area contributed by atoms with Crippen LogP contribution in [-0.2, 0) is 6.42 Å². The van der Waals surface area contributed by atoms with Crippen LogP contribution in [0.3, 0.4) is 0 Å². The zero-order valence-corrected chi connectivity index (χ0v) is 7.30. The van der Waals surface area contributed by atoms with Crippen molar-refractivity contribution in [3.05, 3.63) is 28.8 Å². The number of halogens is 1. The molecule has 0 amide bonds. The van der Waals surface area contributed by atoms with E-state index in [1.54, 1.807) is 6.07 Å². The summed E-state index contributed by atoms with van der Waals surface area (Å²) in [5.74, 6) is 0. The number of nitrogens with two attached hydrogens (primary N) is 1. The highest BCUT2D eigenvalue weighted by Gasteiger charge is 1.96. The molecule has 62 valence electrons. The maximum absolute atomic E-state index is 8.35. The molecule has 0 aliphatic carbocycles. The number of benzene rings is 1. The standard InChI is InChI=1S/C9H9ClN2/c10-8-4-7(2-1-3-11)5-9(12)6-8/h4-6H,1-2,12H2. The van der Waals surface area contributed by atoms with Gasteiger partial charge in [-0.2, -0.15) is 5.26 Å². The maximum atomic E-state index is 8.35. The van der Waals surface area contributed by atoms with Gasteiger partial charge in [-0.25, -0.2) is 0 Å². The van der Waals surface area contributed by atoms with Crippen molar-refractivity contribution in [1.82, 2.24) is 0 Å². The van der Waals surface area contributed by atoms with Gasteiger partial charge < -0.3 is 5.73 Å². The molecule has 1 aromatic carbocycles. The topological polar surface area (TPSA) is 49.8 Å². The van der Waals surface area contributed by atoms with Gasteiger partial charge in [-0.05, 0) is 30.2 Å². The third kappa shape index (κ3) is 2.44. The van der Waals surface area contributed by atoms with E-state index in [2.05, 4.69) is 6.07 Å². The minimum Gasteiger partial charge on any atom is -0.399 e. The summed E-state index contributed by atoms with van der Waals surface area (Å²) in [7, 11) is 0. The van der Waals surface area contributed by atoms with E-state index in [0.717, 1.165) is 5.56 Å². The third-order valence-electron chi connectivity index (χ3n) is 1.51. The molecule has 0 aromatic heterocycles. The normalized spacial score (nSPS) is 9.33. The van der Waals surface area contributed by atoms with Crippen LogP contribution in [0.15, 0.2) is 18.2 Å². The molecule has 1 rings (SSSR count). The lowest BCUT2D eigenvalue weighted by Gasteiger charge is -2.00. The largest absolute Gasteiger partial charge is 0.399 e. The van der Waals surface area contributed by atoms with Gasteiger partial charge in [0.15, 0.2) is 0 Å². The van der Waals surface area contributed by atoms with Crippen molar-refractivity contribution in [2.24, 2.45) is 0 Å². The van der Waals surface area contributed by atoms with Crippen molar-refractivity contribution < 1.29 is 0 Å². The molecule has 12 heavy (non-hydrogen) atoms. The summed E-state index contributed by atoms with van der Waals surface area (Å²) in [6.07, 6.45) is 1.21. The Morgan fingerprint density at radius 3 is 2.75 bits per heavy atom. The Morgan fingerprint density at radius 1 is 1.42 bits per heavy atom. The lowest BCUT2D eigenvalue weighted by molar-refractivity contribution is 1.01. The lowest BCUT2D eigenvalue weighted by Crippen LogP contribution is -1.89. The van der Waals surface area contributed by atoms with Crippen LogP contribution >= 0.6 is 11.6 Å². The first-order valence-corrected chi connectivity index (χ1v) is 4.02. The molecule has 2 nitrogen and oxygen atoms in total. The third-order valence-corrected chi connectivity index (χ3v) is 1.72. The first-order chi connectivity index (χ1) is 5.72. The second-order valence-corrected chi connectivity index (χ2v) is 2.99.